The zero-order chi connectivity index (χ0) is 12.2. The fourth-order valence-corrected chi connectivity index (χ4v) is 1.28. The highest BCUT2D eigenvalue weighted by Crippen LogP contribution is 2.01. The van der Waals surface area contributed by atoms with Crippen LogP contribution in [-0.4, -0.2) is 17.3 Å². The quantitative estimate of drug-likeness (QED) is 0.338. The van der Waals surface area contributed by atoms with E-state index < -0.39 is 0 Å². The number of hydrogen-bond acceptors (Lipinski definition) is 2. The smallest absolute Gasteiger partial charge is 0.0589 e. The van der Waals surface area contributed by atoms with Crippen LogP contribution in [0.3, 0.4) is 0 Å². The van der Waals surface area contributed by atoms with Gasteiger partial charge in [-0.05, 0) is 33.1 Å². The third-order valence-electron chi connectivity index (χ3n) is 2.23. The number of unbranched alkanes of at least 4 members (excludes halogenated alkanes) is 1. The SMILES string of the molecule is C/C=C/CN(/C=C\CC)/N=C(\C)CCCC. The van der Waals surface area contributed by atoms with Crippen molar-refractivity contribution in [2.75, 3.05) is 6.54 Å². The number of rotatable bonds is 8. The molecular weight excluding hydrogens is 196 g/mol. The van der Waals surface area contributed by atoms with Crippen molar-refractivity contribution >= 4 is 5.71 Å². The molecule has 2 heteroatoms. The van der Waals surface area contributed by atoms with E-state index in [0.717, 1.165) is 19.4 Å². The third kappa shape index (κ3) is 8.27. The molecule has 0 aliphatic rings. The van der Waals surface area contributed by atoms with Crippen LogP contribution in [-0.2, 0) is 0 Å². The fourth-order valence-electron chi connectivity index (χ4n) is 1.28. The highest BCUT2D eigenvalue weighted by Gasteiger charge is 1.95. The van der Waals surface area contributed by atoms with E-state index in [0.29, 0.717) is 0 Å². The van der Waals surface area contributed by atoms with Gasteiger partial charge in [0.1, 0.15) is 0 Å². The molecule has 0 aromatic carbocycles. The first-order chi connectivity index (χ1) is 7.74. The molecule has 0 heterocycles. The van der Waals surface area contributed by atoms with Crippen molar-refractivity contribution in [3.05, 3.63) is 24.4 Å². The van der Waals surface area contributed by atoms with Crippen LogP contribution >= 0.6 is 0 Å². The molecule has 0 N–H and O–H groups in total. The monoisotopic (exact) mass is 222 g/mol. The van der Waals surface area contributed by atoms with E-state index in [1.54, 1.807) is 0 Å². The molecule has 0 saturated heterocycles. The summed E-state index contributed by atoms with van der Waals surface area (Å²) >= 11 is 0. The van der Waals surface area contributed by atoms with Crippen LogP contribution in [0.25, 0.3) is 0 Å². The second-order valence-electron chi connectivity index (χ2n) is 3.92. The van der Waals surface area contributed by atoms with Gasteiger partial charge in [-0.25, -0.2) is 0 Å². The lowest BCUT2D eigenvalue weighted by molar-refractivity contribution is 0.440. The number of hydrazone groups is 1. The Morgan fingerprint density at radius 1 is 1.25 bits per heavy atom. The first-order valence-corrected chi connectivity index (χ1v) is 6.33. The number of hydrogen-bond donors (Lipinski definition) is 0. The van der Waals surface area contributed by atoms with Gasteiger partial charge < -0.3 is 0 Å². The molecule has 92 valence electrons. The van der Waals surface area contributed by atoms with E-state index >= 15 is 0 Å². The van der Waals surface area contributed by atoms with Gasteiger partial charge in [0.2, 0.25) is 0 Å². The molecule has 0 spiro atoms. The average molecular weight is 222 g/mol. The predicted octanol–water partition coefficient (Wildman–Crippen LogP) is 4.35. The molecule has 0 rings (SSSR count). The summed E-state index contributed by atoms with van der Waals surface area (Å²) in [4.78, 5) is 0. The van der Waals surface area contributed by atoms with Crippen molar-refractivity contribution in [1.29, 1.82) is 0 Å². The van der Waals surface area contributed by atoms with Gasteiger partial charge in [0, 0.05) is 11.9 Å². The topological polar surface area (TPSA) is 15.6 Å². The minimum absolute atomic E-state index is 0.858. The first kappa shape index (κ1) is 14.9. The van der Waals surface area contributed by atoms with Gasteiger partial charge in [-0.1, -0.05) is 38.5 Å². The highest BCUT2D eigenvalue weighted by molar-refractivity contribution is 5.81. The van der Waals surface area contributed by atoms with Crippen LogP contribution in [0.15, 0.2) is 29.5 Å². The summed E-state index contributed by atoms with van der Waals surface area (Å²) in [6.45, 7) is 9.35. The highest BCUT2D eigenvalue weighted by atomic mass is 15.4. The van der Waals surface area contributed by atoms with Gasteiger partial charge in [0.15, 0.2) is 0 Å². The largest absolute Gasteiger partial charge is 0.269 e. The molecule has 0 aromatic rings. The molecule has 16 heavy (non-hydrogen) atoms. The zero-order valence-corrected chi connectivity index (χ0v) is 11.2. The molecule has 0 fully saturated rings. The average Bonchev–Trinajstić information content (AvgIpc) is 2.30. The summed E-state index contributed by atoms with van der Waals surface area (Å²) in [5, 5.41) is 6.61. The van der Waals surface area contributed by atoms with Crippen LogP contribution in [0.4, 0.5) is 0 Å². The summed E-state index contributed by atoms with van der Waals surface area (Å²) in [5.41, 5.74) is 1.21. The summed E-state index contributed by atoms with van der Waals surface area (Å²) in [6.07, 6.45) is 13.0. The van der Waals surface area contributed by atoms with Crippen molar-refractivity contribution in [2.24, 2.45) is 5.10 Å². The minimum atomic E-state index is 0.858. The van der Waals surface area contributed by atoms with Crippen LogP contribution < -0.4 is 0 Å². The second kappa shape index (κ2) is 10.5. The molecular formula is C14H26N2. The Labute approximate surface area is 101 Å². The Bertz CT molecular complexity index is 239. The maximum Gasteiger partial charge on any atom is 0.0589 e. The van der Waals surface area contributed by atoms with Crippen LogP contribution in [0, 0.1) is 0 Å². The van der Waals surface area contributed by atoms with Crippen molar-refractivity contribution in [3.63, 3.8) is 0 Å². The van der Waals surface area contributed by atoms with Crippen molar-refractivity contribution in [2.45, 2.75) is 53.4 Å². The predicted molar refractivity (Wildman–Crippen MR) is 73.6 cm³/mol. The molecule has 0 unspecified atom stereocenters. The maximum absolute atomic E-state index is 4.60. The van der Waals surface area contributed by atoms with Gasteiger partial charge in [0.05, 0.1) is 6.54 Å². The number of allylic oxidation sites excluding steroid dienone is 2. The van der Waals surface area contributed by atoms with Crippen molar-refractivity contribution in [3.8, 4) is 0 Å². The van der Waals surface area contributed by atoms with E-state index in [4.69, 9.17) is 0 Å². The maximum atomic E-state index is 4.60. The van der Waals surface area contributed by atoms with Gasteiger partial charge in [0.25, 0.3) is 0 Å². The van der Waals surface area contributed by atoms with Gasteiger partial charge in [-0.3, -0.25) is 5.01 Å². The molecule has 0 atom stereocenters. The van der Waals surface area contributed by atoms with Crippen molar-refractivity contribution < 1.29 is 0 Å². The fraction of sp³-hybridized carbons (Fsp3) is 0.643. The van der Waals surface area contributed by atoms with Gasteiger partial charge >= 0.3 is 0 Å². The molecule has 0 radical (unpaired) electrons. The van der Waals surface area contributed by atoms with Crippen LogP contribution in [0.2, 0.25) is 0 Å². The Hall–Kier alpha value is -1.05. The van der Waals surface area contributed by atoms with Crippen molar-refractivity contribution in [1.82, 2.24) is 5.01 Å². The summed E-state index contributed by atoms with van der Waals surface area (Å²) < 4.78 is 0. The molecule has 0 aromatic heterocycles. The molecule has 2 nitrogen and oxygen atoms in total. The molecule has 0 aliphatic heterocycles. The second-order valence-corrected chi connectivity index (χ2v) is 3.92. The number of nitrogens with zero attached hydrogens (tertiary/aromatic N) is 2. The van der Waals surface area contributed by atoms with E-state index in [9.17, 15) is 0 Å². The Kier molecular flexibility index (Phi) is 9.78. The van der Waals surface area contributed by atoms with Gasteiger partial charge in [-0.15, -0.1) is 0 Å². The standard InChI is InChI=1S/C14H26N2/c1-5-8-11-14(4)15-16(12-9-6-2)13-10-7-3/h6,9-10,13H,5,7-8,11-12H2,1-4H3/b9-6+,13-10-,15-14+. The van der Waals surface area contributed by atoms with E-state index in [1.165, 1.54) is 18.6 Å². The van der Waals surface area contributed by atoms with E-state index in [2.05, 4.69) is 50.3 Å². The zero-order valence-electron chi connectivity index (χ0n) is 11.2. The summed E-state index contributed by atoms with van der Waals surface area (Å²) in [6, 6.07) is 0. The summed E-state index contributed by atoms with van der Waals surface area (Å²) in [7, 11) is 0. The molecule has 0 bridgehead atoms. The van der Waals surface area contributed by atoms with E-state index in [1.807, 2.05) is 11.9 Å². The Balaban J connectivity index is 4.31. The lowest BCUT2D eigenvalue weighted by atomic mass is 10.2. The molecule has 0 saturated carbocycles. The lowest BCUT2D eigenvalue weighted by Gasteiger charge is -2.13. The minimum Gasteiger partial charge on any atom is -0.269 e. The Morgan fingerprint density at radius 2 is 2.00 bits per heavy atom. The van der Waals surface area contributed by atoms with Crippen LogP contribution in [0.5, 0.6) is 0 Å². The normalized spacial score (nSPS) is 12.9. The van der Waals surface area contributed by atoms with Gasteiger partial charge in [-0.2, -0.15) is 5.10 Å². The molecule has 0 aliphatic carbocycles. The third-order valence-corrected chi connectivity index (χ3v) is 2.23. The van der Waals surface area contributed by atoms with E-state index in [-0.39, 0.29) is 0 Å². The first-order valence-electron chi connectivity index (χ1n) is 6.33. The molecule has 0 amide bonds. The van der Waals surface area contributed by atoms with Crippen LogP contribution in [0.1, 0.15) is 53.4 Å². The lowest BCUT2D eigenvalue weighted by Crippen LogP contribution is -2.12. The summed E-state index contributed by atoms with van der Waals surface area (Å²) in [5.74, 6) is 0. The Morgan fingerprint density at radius 3 is 2.56 bits per heavy atom.